The highest BCUT2D eigenvalue weighted by molar-refractivity contribution is 6.30. The van der Waals surface area contributed by atoms with Gasteiger partial charge in [0.2, 0.25) is 0 Å². The van der Waals surface area contributed by atoms with E-state index < -0.39 is 0 Å². The highest BCUT2D eigenvalue weighted by Gasteiger charge is 2.20. The van der Waals surface area contributed by atoms with Crippen molar-refractivity contribution in [3.8, 4) is 27.9 Å². The Morgan fingerprint density at radius 1 is 0.220 bits per heavy atom. The van der Waals surface area contributed by atoms with Crippen LogP contribution in [0.25, 0.3) is 125 Å². The molecule has 0 aliphatic carbocycles. The molecule has 0 spiro atoms. The second-order valence-corrected chi connectivity index (χ2v) is 16.0. The molecular formula is C58H35N. The van der Waals surface area contributed by atoms with Gasteiger partial charge in [-0.15, -0.1) is 0 Å². The fourth-order valence-corrected chi connectivity index (χ4v) is 10.3. The number of fused-ring (bicyclic) bond motifs is 14. The van der Waals surface area contributed by atoms with E-state index in [1.807, 2.05) is 0 Å². The van der Waals surface area contributed by atoms with Crippen molar-refractivity contribution in [3.05, 3.63) is 212 Å². The molecule has 0 unspecified atom stereocenters. The number of para-hydroxylation sites is 2. The average Bonchev–Trinajstić information content (AvgIpc) is 3.63. The predicted molar refractivity (Wildman–Crippen MR) is 254 cm³/mol. The largest absolute Gasteiger partial charge is 0.309 e. The van der Waals surface area contributed by atoms with Gasteiger partial charge < -0.3 is 4.57 Å². The van der Waals surface area contributed by atoms with Crippen LogP contribution in [0.1, 0.15) is 0 Å². The molecule has 0 bridgehead atoms. The number of hydrogen-bond acceptors (Lipinski definition) is 0. The normalized spacial score (nSPS) is 12.1. The van der Waals surface area contributed by atoms with Gasteiger partial charge in [-0.25, -0.2) is 0 Å². The van der Waals surface area contributed by atoms with Gasteiger partial charge in [0.1, 0.15) is 0 Å². The van der Waals surface area contributed by atoms with Crippen molar-refractivity contribution in [2.45, 2.75) is 0 Å². The lowest BCUT2D eigenvalue weighted by Gasteiger charge is -2.19. The van der Waals surface area contributed by atoms with Crippen molar-refractivity contribution in [2.75, 3.05) is 0 Å². The van der Waals surface area contributed by atoms with E-state index in [9.17, 15) is 0 Å². The molecule has 0 amide bonds. The maximum atomic E-state index is 2.46. The number of benzene rings is 12. The van der Waals surface area contributed by atoms with Crippen LogP contribution >= 0.6 is 0 Å². The van der Waals surface area contributed by atoms with Gasteiger partial charge in [0.15, 0.2) is 0 Å². The first-order valence-electron chi connectivity index (χ1n) is 20.5. The Labute approximate surface area is 340 Å². The number of hydrogen-bond donors (Lipinski definition) is 0. The molecule has 13 rings (SSSR count). The minimum absolute atomic E-state index is 1.17. The molecule has 13 aromatic rings. The molecule has 1 nitrogen and oxygen atoms in total. The summed E-state index contributed by atoms with van der Waals surface area (Å²) in [4.78, 5) is 0. The molecule has 0 atom stereocenters. The van der Waals surface area contributed by atoms with Gasteiger partial charge >= 0.3 is 0 Å². The molecule has 1 aromatic heterocycles. The molecular weight excluding hydrogens is 711 g/mol. The van der Waals surface area contributed by atoms with E-state index in [0.717, 1.165) is 0 Å². The van der Waals surface area contributed by atoms with E-state index >= 15 is 0 Å². The van der Waals surface area contributed by atoms with Gasteiger partial charge in [-0.2, -0.15) is 0 Å². The van der Waals surface area contributed by atoms with Crippen molar-refractivity contribution >= 4 is 97.2 Å². The summed E-state index contributed by atoms with van der Waals surface area (Å²) in [7, 11) is 0. The molecule has 0 saturated carbocycles. The molecule has 12 aromatic carbocycles. The second kappa shape index (κ2) is 12.4. The Kier molecular flexibility index (Phi) is 6.79. The van der Waals surface area contributed by atoms with Gasteiger partial charge in [0.05, 0.1) is 11.0 Å². The van der Waals surface area contributed by atoms with Crippen molar-refractivity contribution in [1.29, 1.82) is 0 Å². The molecule has 1 heterocycles. The zero-order valence-corrected chi connectivity index (χ0v) is 32.2. The fraction of sp³-hybridized carbons (Fsp3) is 0. The standard InChI is InChI=1S/C58H35N/c1-2-15-40(16-3-1)59-55-25-13-12-20-45(55)54-34-52-43-19-7-6-18-42(43)51-33-39(30-31-44(51)53(52)35-56(54)59)58-48-23-10-8-21-46(48)57(47-22-9-11-24-49(47)58)38-29-28-37-27-26-36-14-4-5-17-41(36)50(37)32-38/h1-35H. The lowest BCUT2D eigenvalue weighted by molar-refractivity contribution is 1.18. The minimum Gasteiger partial charge on any atom is -0.309 e. The fourth-order valence-electron chi connectivity index (χ4n) is 10.3. The topological polar surface area (TPSA) is 4.93 Å². The van der Waals surface area contributed by atoms with Crippen molar-refractivity contribution in [1.82, 2.24) is 4.57 Å². The molecule has 0 fully saturated rings. The van der Waals surface area contributed by atoms with Crippen LogP contribution in [-0.2, 0) is 0 Å². The number of nitrogens with zero attached hydrogens (tertiary/aromatic N) is 1. The Morgan fingerprint density at radius 2 is 0.661 bits per heavy atom. The molecule has 0 aliphatic rings. The van der Waals surface area contributed by atoms with Crippen molar-refractivity contribution in [2.24, 2.45) is 0 Å². The minimum atomic E-state index is 1.17. The van der Waals surface area contributed by atoms with Crippen LogP contribution in [0.5, 0.6) is 0 Å². The Hall–Kier alpha value is -7.74. The van der Waals surface area contributed by atoms with Crippen LogP contribution in [0, 0.1) is 0 Å². The second-order valence-electron chi connectivity index (χ2n) is 16.0. The lowest BCUT2D eigenvalue weighted by Crippen LogP contribution is -1.93. The third-order valence-corrected chi connectivity index (χ3v) is 12.9. The van der Waals surface area contributed by atoms with E-state index in [4.69, 9.17) is 0 Å². The number of rotatable bonds is 3. The van der Waals surface area contributed by atoms with Gasteiger partial charge in [0, 0.05) is 16.5 Å². The summed E-state index contributed by atoms with van der Waals surface area (Å²) in [6.07, 6.45) is 0. The smallest absolute Gasteiger partial charge is 0.0547 e. The van der Waals surface area contributed by atoms with Gasteiger partial charge in [0.25, 0.3) is 0 Å². The van der Waals surface area contributed by atoms with E-state index in [-0.39, 0.29) is 0 Å². The van der Waals surface area contributed by atoms with Crippen molar-refractivity contribution in [3.63, 3.8) is 0 Å². The average molecular weight is 746 g/mol. The Balaban J connectivity index is 1.10. The first-order chi connectivity index (χ1) is 29.3. The third-order valence-electron chi connectivity index (χ3n) is 12.9. The van der Waals surface area contributed by atoms with Crippen LogP contribution in [0.2, 0.25) is 0 Å². The maximum absolute atomic E-state index is 2.46. The SMILES string of the molecule is c1ccc(-n2c3ccccc3c3cc4c5ccccc5c5cc(-c6c7ccccc7c(-c7ccc8ccc9ccccc9c8c7)c7ccccc67)ccc5c4cc32)cc1. The zero-order valence-electron chi connectivity index (χ0n) is 32.2. The molecule has 0 saturated heterocycles. The summed E-state index contributed by atoms with van der Waals surface area (Å²) >= 11 is 0. The van der Waals surface area contributed by atoms with Gasteiger partial charge in [-0.3, -0.25) is 0 Å². The van der Waals surface area contributed by atoms with Crippen LogP contribution in [0.15, 0.2) is 212 Å². The lowest BCUT2D eigenvalue weighted by atomic mass is 9.84. The van der Waals surface area contributed by atoms with E-state index in [0.29, 0.717) is 0 Å². The highest BCUT2D eigenvalue weighted by atomic mass is 15.0. The third kappa shape index (κ3) is 4.67. The quantitative estimate of drug-likeness (QED) is 0.125. The monoisotopic (exact) mass is 745 g/mol. The Bertz CT molecular complexity index is 3830. The summed E-state index contributed by atoms with van der Waals surface area (Å²) < 4.78 is 2.43. The summed E-state index contributed by atoms with van der Waals surface area (Å²) in [5.41, 5.74) is 8.64. The molecule has 59 heavy (non-hydrogen) atoms. The first-order valence-corrected chi connectivity index (χ1v) is 20.5. The van der Waals surface area contributed by atoms with Gasteiger partial charge in [-0.1, -0.05) is 170 Å². The molecule has 272 valence electrons. The Morgan fingerprint density at radius 3 is 1.32 bits per heavy atom. The van der Waals surface area contributed by atoms with E-state index in [2.05, 4.69) is 217 Å². The summed E-state index contributed by atoms with van der Waals surface area (Å²) in [6, 6.07) is 78.9. The maximum Gasteiger partial charge on any atom is 0.0547 e. The summed E-state index contributed by atoms with van der Waals surface area (Å²) in [5.74, 6) is 0. The van der Waals surface area contributed by atoms with Gasteiger partial charge in [-0.05, 0) is 140 Å². The molecule has 0 N–H and O–H groups in total. The molecule has 0 radical (unpaired) electrons. The zero-order chi connectivity index (χ0) is 38.6. The van der Waals surface area contributed by atoms with Crippen LogP contribution in [0.3, 0.4) is 0 Å². The van der Waals surface area contributed by atoms with Crippen LogP contribution in [-0.4, -0.2) is 4.57 Å². The predicted octanol–water partition coefficient (Wildman–Crippen LogP) is 16.2. The van der Waals surface area contributed by atoms with Crippen LogP contribution in [0.4, 0.5) is 0 Å². The summed E-state index contributed by atoms with van der Waals surface area (Å²) in [5, 5.41) is 20.3. The van der Waals surface area contributed by atoms with Crippen LogP contribution < -0.4 is 0 Å². The highest BCUT2D eigenvalue weighted by Crippen LogP contribution is 2.47. The first kappa shape index (κ1) is 32.4. The molecule has 0 aliphatic heterocycles. The van der Waals surface area contributed by atoms with Crippen molar-refractivity contribution < 1.29 is 0 Å². The summed E-state index contributed by atoms with van der Waals surface area (Å²) in [6.45, 7) is 0. The molecule has 1 heteroatoms. The van der Waals surface area contributed by atoms with E-state index in [1.54, 1.807) is 0 Å². The number of aromatic nitrogens is 1. The van der Waals surface area contributed by atoms with E-state index in [1.165, 1.54) is 125 Å².